The highest BCUT2D eigenvalue weighted by atomic mass is 16.1. The van der Waals surface area contributed by atoms with Gasteiger partial charge < -0.3 is 11.1 Å². The number of hydrogen-bond donors (Lipinski definition) is 2. The zero-order chi connectivity index (χ0) is 8.69. The van der Waals surface area contributed by atoms with Gasteiger partial charge in [-0.15, -0.1) is 12.3 Å². The molecule has 0 bridgehead atoms. The van der Waals surface area contributed by atoms with Crippen LogP contribution >= 0.6 is 0 Å². The van der Waals surface area contributed by atoms with Crippen LogP contribution in [0.25, 0.3) is 0 Å². The summed E-state index contributed by atoms with van der Waals surface area (Å²) in [6.45, 7) is 2.25. The first-order valence-electron chi connectivity index (χ1n) is 3.63. The molecule has 0 fully saturated rings. The van der Waals surface area contributed by atoms with E-state index in [1.807, 2.05) is 6.92 Å². The summed E-state index contributed by atoms with van der Waals surface area (Å²) in [5, 5.41) is 2.72. The van der Waals surface area contributed by atoms with Crippen LogP contribution in [-0.2, 0) is 4.79 Å². The van der Waals surface area contributed by atoms with Gasteiger partial charge in [-0.25, -0.2) is 0 Å². The molecule has 11 heavy (non-hydrogen) atoms. The van der Waals surface area contributed by atoms with Crippen LogP contribution in [0.1, 0.15) is 19.8 Å². The lowest BCUT2D eigenvalue weighted by atomic mass is 10.2. The summed E-state index contributed by atoms with van der Waals surface area (Å²) in [7, 11) is 0. The van der Waals surface area contributed by atoms with Crippen molar-refractivity contribution in [3.63, 3.8) is 0 Å². The lowest BCUT2D eigenvalue weighted by Crippen LogP contribution is -2.33. The predicted octanol–water partition coefficient (Wildman–Crippen LogP) is -0.137. The van der Waals surface area contributed by atoms with Crippen molar-refractivity contribution < 1.29 is 4.79 Å². The van der Waals surface area contributed by atoms with Gasteiger partial charge in [-0.3, -0.25) is 4.79 Å². The van der Waals surface area contributed by atoms with E-state index in [1.165, 1.54) is 0 Å². The molecule has 62 valence electrons. The molecular weight excluding hydrogens is 140 g/mol. The normalized spacial score (nSPS) is 11.7. The van der Waals surface area contributed by atoms with Crippen LogP contribution in [-0.4, -0.2) is 18.5 Å². The molecule has 0 spiro atoms. The number of carbonyl (C=O) groups is 1. The Hall–Kier alpha value is -1.01. The SMILES string of the molecule is C#CCC(C)NC(=O)CCN. The van der Waals surface area contributed by atoms with Crippen LogP contribution in [0, 0.1) is 12.3 Å². The summed E-state index contributed by atoms with van der Waals surface area (Å²) in [5.41, 5.74) is 5.18. The maximum absolute atomic E-state index is 10.9. The molecule has 0 saturated carbocycles. The van der Waals surface area contributed by atoms with E-state index in [0.29, 0.717) is 19.4 Å². The van der Waals surface area contributed by atoms with Gasteiger partial charge in [0.15, 0.2) is 0 Å². The highest BCUT2D eigenvalue weighted by Gasteiger charge is 2.03. The van der Waals surface area contributed by atoms with Crippen molar-refractivity contribution in [3.05, 3.63) is 0 Å². The van der Waals surface area contributed by atoms with E-state index in [4.69, 9.17) is 12.2 Å². The quantitative estimate of drug-likeness (QED) is 0.554. The second-order valence-corrected chi connectivity index (χ2v) is 2.42. The Balaban J connectivity index is 3.50. The smallest absolute Gasteiger partial charge is 0.221 e. The van der Waals surface area contributed by atoms with Crippen LogP contribution in [0.15, 0.2) is 0 Å². The molecule has 0 rings (SSSR count). The summed E-state index contributed by atoms with van der Waals surface area (Å²) < 4.78 is 0. The first-order chi connectivity index (χ1) is 5.20. The molecule has 0 aromatic rings. The van der Waals surface area contributed by atoms with Gasteiger partial charge in [-0.1, -0.05) is 0 Å². The van der Waals surface area contributed by atoms with E-state index in [-0.39, 0.29) is 11.9 Å². The van der Waals surface area contributed by atoms with E-state index in [0.717, 1.165) is 0 Å². The Labute approximate surface area is 67.3 Å². The molecule has 1 unspecified atom stereocenters. The number of carbonyl (C=O) groups excluding carboxylic acids is 1. The number of hydrogen-bond acceptors (Lipinski definition) is 2. The first kappa shape index (κ1) is 9.99. The van der Waals surface area contributed by atoms with E-state index in [1.54, 1.807) is 0 Å². The summed E-state index contributed by atoms with van der Waals surface area (Å²) >= 11 is 0. The fourth-order valence-corrected chi connectivity index (χ4v) is 0.706. The highest BCUT2D eigenvalue weighted by Crippen LogP contribution is 1.88. The minimum atomic E-state index is -0.0322. The number of amides is 1. The van der Waals surface area contributed by atoms with Gasteiger partial charge in [0.1, 0.15) is 0 Å². The maximum atomic E-state index is 10.9. The molecule has 0 aliphatic carbocycles. The molecule has 1 amide bonds. The summed E-state index contributed by atoms with van der Waals surface area (Å²) in [6.07, 6.45) is 5.99. The molecule has 3 nitrogen and oxygen atoms in total. The Morgan fingerprint density at radius 3 is 2.91 bits per heavy atom. The predicted molar refractivity (Wildman–Crippen MR) is 44.7 cm³/mol. The third kappa shape index (κ3) is 5.43. The fraction of sp³-hybridized carbons (Fsp3) is 0.625. The zero-order valence-corrected chi connectivity index (χ0v) is 6.76. The Morgan fingerprint density at radius 2 is 2.45 bits per heavy atom. The second kappa shape index (κ2) is 5.75. The van der Waals surface area contributed by atoms with E-state index in [2.05, 4.69) is 11.2 Å². The van der Waals surface area contributed by atoms with E-state index in [9.17, 15) is 4.79 Å². The second-order valence-electron chi connectivity index (χ2n) is 2.42. The molecule has 1 atom stereocenters. The van der Waals surface area contributed by atoms with Crippen molar-refractivity contribution >= 4 is 5.91 Å². The standard InChI is InChI=1S/C8H14N2O/c1-3-4-7(2)10-8(11)5-6-9/h1,7H,4-6,9H2,2H3,(H,10,11). The maximum Gasteiger partial charge on any atom is 0.221 e. The van der Waals surface area contributed by atoms with E-state index >= 15 is 0 Å². The number of nitrogens with two attached hydrogens (primary N) is 1. The summed E-state index contributed by atoms with van der Waals surface area (Å²) in [5.74, 6) is 2.44. The molecular formula is C8H14N2O. The fourth-order valence-electron chi connectivity index (χ4n) is 0.706. The Morgan fingerprint density at radius 1 is 1.82 bits per heavy atom. The lowest BCUT2D eigenvalue weighted by molar-refractivity contribution is -0.121. The molecule has 0 aromatic heterocycles. The van der Waals surface area contributed by atoms with Crippen LogP contribution < -0.4 is 11.1 Å². The van der Waals surface area contributed by atoms with Crippen molar-refractivity contribution in [1.29, 1.82) is 0 Å². The van der Waals surface area contributed by atoms with Crippen LogP contribution in [0.4, 0.5) is 0 Å². The number of rotatable bonds is 4. The summed E-state index contributed by atoms with van der Waals surface area (Å²) in [4.78, 5) is 10.9. The molecule has 3 heteroatoms. The molecule has 0 radical (unpaired) electrons. The van der Waals surface area contributed by atoms with Gasteiger partial charge in [0.05, 0.1) is 0 Å². The van der Waals surface area contributed by atoms with E-state index < -0.39 is 0 Å². The van der Waals surface area contributed by atoms with Crippen molar-refractivity contribution in [1.82, 2.24) is 5.32 Å². The van der Waals surface area contributed by atoms with Gasteiger partial charge in [-0.05, 0) is 6.92 Å². The molecule has 0 heterocycles. The van der Waals surface area contributed by atoms with Crippen LogP contribution in [0.5, 0.6) is 0 Å². The van der Waals surface area contributed by atoms with Crippen LogP contribution in [0.2, 0.25) is 0 Å². The van der Waals surface area contributed by atoms with Gasteiger partial charge in [0.2, 0.25) is 5.91 Å². The van der Waals surface area contributed by atoms with Crippen LogP contribution in [0.3, 0.4) is 0 Å². The van der Waals surface area contributed by atoms with Gasteiger partial charge in [-0.2, -0.15) is 0 Å². The molecule has 0 saturated heterocycles. The molecule has 0 aromatic carbocycles. The number of terminal acetylenes is 1. The summed E-state index contributed by atoms with van der Waals surface area (Å²) in [6, 6.07) is 0.0547. The third-order valence-corrected chi connectivity index (χ3v) is 1.20. The molecule has 3 N–H and O–H groups in total. The largest absolute Gasteiger partial charge is 0.353 e. The minimum Gasteiger partial charge on any atom is -0.353 e. The Bertz CT molecular complexity index is 160. The highest BCUT2D eigenvalue weighted by molar-refractivity contribution is 5.76. The van der Waals surface area contributed by atoms with Crippen molar-refractivity contribution in [2.75, 3.05) is 6.54 Å². The topological polar surface area (TPSA) is 55.1 Å². The zero-order valence-electron chi connectivity index (χ0n) is 6.76. The van der Waals surface area contributed by atoms with Crippen molar-refractivity contribution in [2.45, 2.75) is 25.8 Å². The average Bonchev–Trinajstić information content (AvgIpc) is 1.87. The molecule has 0 aliphatic heterocycles. The van der Waals surface area contributed by atoms with Crippen molar-refractivity contribution in [2.24, 2.45) is 5.73 Å². The van der Waals surface area contributed by atoms with Gasteiger partial charge in [0, 0.05) is 25.4 Å². The third-order valence-electron chi connectivity index (χ3n) is 1.20. The minimum absolute atomic E-state index is 0.0322. The monoisotopic (exact) mass is 154 g/mol. The first-order valence-corrected chi connectivity index (χ1v) is 3.63. The molecule has 0 aliphatic rings. The number of nitrogens with one attached hydrogen (secondary N) is 1. The Kier molecular flexibility index (Phi) is 5.22. The van der Waals surface area contributed by atoms with Crippen molar-refractivity contribution in [3.8, 4) is 12.3 Å². The van der Waals surface area contributed by atoms with Gasteiger partial charge >= 0.3 is 0 Å². The lowest BCUT2D eigenvalue weighted by Gasteiger charge is -2.09. The average molecular weight is 154 g/mol. The van der Waals surface area contributed by atoms with Gasteiger partial charge in [0.25, 0.3) is 0 Å².